The van der Waals surface area contributed by atoms with Gasteiger partial charge in [0.05, 0.1) is 12.9 Å². The highest BCUT2D eigenvalue weighted by Crippen LogP contribution is 2.31. The molecule has 102 valence electrons. The summed E-state index contributed by atoms with van der Waals surface area (Å²) < 4.78 is 6.85. The lowest BCUT2D eigenvalue weighted by atomic mass is 10.1. The molecule has 0 amide bonds. The first kappa shape index (κ1) is 12.7. The Morgan fingerprint density at radius 2 is 2.05 bits per heavy atom. The summed E-state index contributed by atoms with van der Waals surface area (Å²) in [5, 5.41) is 28.9. The number of aliphatic hydroxyl groups is 3. The van der Waals surface area contributed by atoms with Gasteiger partial charge in [0.2, 0.25) is 0 Å². The smallest absolute Gasteiger partial charge is 0.167 e. The van der Waals surface area contributed by atoms with E-state index in [1.54, 1.807) is 0 Å². The zero-order valence-corrected chi connectivity index (χ0v) is 10.3. The Balaban J connectivity index is 2.04. The van der Waals surface area contributed by atoms with E-state index in [0.29, 0.717) is 11.2 Å². The van der Waals surface area contributed by atoms with Gasteiger partial charge in [-0.3, -0.25) is 4.57 Å². The third-order valence-corrected chi connectivity index (χ3v) is 3.38. The largest absolute Gasteiger partial charge is 0.394 e. The third-order valence-electron chi connectivity index (χ3n) is 3.11. The van der Waals surface area contributed by atoms with Crippen LogP contribution in [0.4, 0.5) is 0 Å². The van der Waals surface area contributed by atoms with Crippen molar-refractivity contribution >= 4 is 22.8 Å². The second-order valence-corrected chi connectivity index (χ2v) is 4.58. The van der Waals surface area contributed by atoms with Crippen LogP contribution >= 0.6 is 11.6 Å². The number of aromatic nitrogens is 4. The molecular weight excluding hydrogens is 276 g/mol. The van der Waals surface area contributed by atoms with Crippen molar-refractivity contribution in [2.45, 2.75) is 24.5 Å². The van der Waals surface area contributed by atoms with Crippen molar-refractivity contribution in [3.05, 3.63) is 17.8 Å². The monoisotopic (exact) mass is 286 g/mol. The molecule has 4 atom stereocenters. The first-order valence-corrected chi connectivity index (χ1v) is 5.96. The molecule has 0 bridgehead atoms. The normalized spacial score (nSPS) is 31.2. The molecule has 0 spiro atoms. The van der Waals surface area contributed by atoms with Crippen molar-refractivity contribution in [2.75, 3.05) is 6.61 Å². The van der Waals surface area contributed by atoms with Gasteiger partial charge in [0.1, 0.15) is 30.2 Å². The summed E-state index contributed by atoms with van der Waals surface area (Å²) in [4.78, 5) is 11.9. The number of nitrogens with zero attached hydrogens (tertiary/aromatic N) is 4. The van der Waals surface area contributed by atoms with E-state index in [0.717, 1.165) is 0 Å². The van der Waals surface area contributed by atoms with E-state index in [9.17, 15) is 10.2 Å². The number of imidazole rings is 1. The van der Waals surface area contributed by atoms with Crippen LogP contribution in [0.2, 0.25) is 5.15 Å². The maximum Gasteiger partial charge on any atom is 0.167 e. The fourth-order valence-corrected chi connectivity index (χ4v) is 2.30. The maximum atomic E-state index is 9.95. The van der Waals surface area contributed by atoms with Gasteiger partial charge in [-0.1, -0.05) is 11.6 Å². The minimum absolute atomic E-state index is 0.190. The summed E-state index contributed by atoms with van der Waals surface area (Å²) >= 11 is 5.88. The van der Waals surface area contributed by atoms with E-state index < -0.39 is 31.1 Å². The van der Waals surface area contributed by atoms with E-state index in [2.05, 4.69) is 15.0 Å². The van der Waals surface area contributed by atoms with Gasteiger partial charge in [0, 0.05) is 0 Å². The molecule has 2 aromatic rings. The number of halogens is 1. The lowest BCUT2D eigenvalue weighted by Gasteiger charge is -2.16. The van der Waals surface area contributed by atoms with Crippen molar-refractivity contribution in [3.63, 3.8) is 0 Å². The number of rotatable bonds is 2. The summed E-state index contributed by atoms with van der Waals surface area (Å²) in [7, 11) is 0. The van der Waals surface area contributed by atoms with E-state index in [1.807, 2.05) is 0 Å². The Bertz CT molecular complexity index is 606. The van der Waals surface area contributed by atoms with Crippen LogP contribution in [0.5, 0.6) is 0 Å². The molecule has 1 aliphatic rings. The summed E-state index contributed by atoms with van der Waals surface area (Å²) in [5.41, 5.74) is 0.761. The van der Waals surface area contributed by atoms with Crippen LogP contribution in [0, 0.1) is 0 Å². The van der Waals surface area contributed by atoms with E-state index in [1.165, 1.54) is 17.2 Å². The number of fused-ring (bicyclic) bond motifs is 1. The minimum Gasteiger partial charge on any atom is -0.394 e. The highest BCUT2D eigenvalue weighted by atomic mass is 35.5. The van der Waals surface area contributed by atoms with Gasteiger partial charge in [-0.15, -0.1) is 0 Å². The molecule has 0 aromatic carbocycles. The van der Waals surface area contributed by atoms with Gasteiger partial charge in [-0.05, 0) is 0 Å². The Hall–Kier alpha value is -1.32. The van der Waals surface area contributed by atoms with Gasteiger partial charge in [-0.2, -0.15) is 0 Å². The van der Waals surface area contributed by atoms with Gasteiger partial charge in [-0.25, -0.2) is 15.0 Å². The van der Waals surface area contributed by atoms with Gasteiger partial charge in [0.25, 0.3) is 0 Å². The predicted molar refractivity (Wildman–Crippen MR) is 63.3 cm³/mol. The molecule has 0 radical (unpaired) electrons. The summed E-state index contributed by atoms with van der Waals surface area (Å²) in [5.74, 6) is 0. The third kappa shape index (κ3) is 1.88. The number of hydrogen-bond donors (Lipinski definition) is 3. The summed E-state index contributed by atoms with van der Waals surface area (Å²) in [6, 6.07) is 0. The second kappa shape index (κ2) is 4.66. The molecule has 0 saturated carbocycles. The average Bonchev–Trinajstić information content (AvgIpc) is 2.94. The lowest BCUT2D eigenvalue weighted by molar-refractivity contribution is -0.0511. The van der Waals surface area contributed by atoms with Crippen LogP contribution in [0.1, 0.15) is 6.23 Å². The molecule has 9 heteroatoms. The van der Waals surface area contributed by atoms with Crippen molar-refractivity contribution in [1.82, 2.24) is 19.5 Å². The maximum absolute atomic E-state index is 9.95. The fourth-order valence-electron chi connectivity index (χ4n) is 2.12. The molecule has 3 rings (SSSR count). The van der Waals surface area contributed by atoms with E-state index >= 15 is 0 Å². The molecule has 3 N–H and O–H groups in total. The quantitative estimate of drug-likeness (QED) is 0.613. The van der Waals surface area contributed by atoms with Crippen LogP contribution in [0.25, 0.3) is 11.2 Å². The SMILES string of the molecule is OCC1OC(n2cnc3c(Cl)ncnc32)[C@H](O)[C@@H]1O. The van der Waals surface area contributed by atoms with Crippen molar-refractivity contribution in [2.24, 2.45) is 0 Å². The number of aliphatic hydroxyl groups excluding tert-OH is 3. The zero-order valence-electron chi connectivity index (χ0n) is 9.59. The Kier molecular flexibility index (Phi) is 3.11. The topological polar surface area (TPSA) is 114 Å². The molecular formula is C10H11ClN4O4. The second-order valence-electron chi connectivity index (χ2n) is 4.22. The molecule has 1 aliphatic heterocycles. The molecule has 2 unspecified atom stereocenters. The first-order chi connectivity index (χ1) is 9.13. The van der Waals surface area contributed by atoms with Crippen molar-refractivity contribution in [1.29, 1.82) is 0 Å². The van der Waals surface area contributed by atoms with E-state index in [-0.39, 0.29) is 5.15 Å². The molecule has 2 aromatic heterocycles. The first-order valence-electron chi connectivity index (χ1n) is 5.59. The molecule has 8 nitrogen and oxygen atoms in total. The molecule has 1 fully saturated rings. The van der Waals surface area contributed by atoms with E-state index in [4.69, 9.17) is 21.4 Å². The van der Waals surface area contributed by atoms with Crippen molar-refractivity contribution < 1.29 is 20.1 Å². The zero-order chi connectivity index (χ0) is 13.6. The molecule has 3 heterocycles. The van der Waals surface area contributed by atoms with Gasteiger partial charge in [0.15, 0.2) is 17.0 Å². The van der Waals surface area contributed by atoms with Gasteiger partial charge >= 0.3 is 0 Å². The molecule has 19 heavy (non-hydrogen) atoms. The summed E-state index contributed by atoms with van der Waals surface area (Å²) in [6.07, 6.45) is -1.44. The predicted octanol–water partition coefficient (Wildman–Crippen LogP) is -0.909. The number of ether oxygens (including phenoxy) is 1. The highest BCUT2D eigenvalue weighted by Gasteiger charge is 2.43. The van der Waals surface area contributed by atoms with Crippen LogP contribution in [0.3, 0.4) is 0 Å². The fraction of sp³-hybridized carbons (Fsp3) is 0.500. The van der Waals surface area contributed by atoms with Crippen LogP contribution in [0.15, 0.2) is 12.7 Å². The molecule has 0 aliphatic carbocycles. The van der Waals surface area contributed by atoms with Gasteiger partial charge < -0.3 is 20.1 Å². The van der Waals surface area contributed by atoms with Crippen LogP contribution < -0.4 is 0 Å². The standard InChI is InChI=1S/C10H11ClN4O4/c11-8-5-9(13-2-12-8)15(3-14-5)10-7(18)6(17)4(1-16)19-10/h2-4,6-7,10,16-18H,1H2/t4?,6-,7-,10?/m1/s1. The molecule has 1 saturated heterocycles. The Morgan fingerprint density at radius 1 is 1.26 bits per heavy atom. The Morgan fingerprint density at radius 3 is 2.74 bits per heavy atom. The lowest BCUT2D eigenvalue weighted by Crippen LogP contribution is -2.33. The Labute approximate surface area is 112 Å². The number of hydrogen-bond acceptors (Lipinski definition) is 7. The van der Waals surface area contributed by atoms with Crippen LogP contribution in [-0.2, 0) is 4.74 Å². The minimum atomic E-state index is -1.19. The summed E-state index contributed by atoms with van der Waals surface area (Å²) in [6.45, 7) is -0.392. The highest BCUT2D eigenvalue weighted by molar-refractivity contribution is 6.33. The average molecular weight is 287 g/mol. The van der Waals surface area contributed by atoms with Crippen LogP contribution in [-0.4, -0.2) is 59.8 Å². The van der Waals surface area contributed by atoms with Crippen molar-refractivity contribution in [3.8, 4) is 0 Å².